The van der Waals surface area contributed by atoms with Gasteiger partial charge in [0.1, 0.15) is 12.1 Å². The Bertz CT molecular complexity index is 822. The van der Waals surface area contributed by atoms with Gasteiger partial charge in [0.15, 0.2) is 0 Å². The van der Waals surface area contributed by atoms with Crippen molar-refractivity contribution in [1.29, 1.82) is 0 Å². The zero-order valence-corrected chi connectivity index (χ0v) is 14.7. The van der Waals surface area contributed by atoms with E-state index in [1.165, 1.54) is 0 Å². The molecule has 3 rings (SSSR count). The molecule has 0 radical (unpaired) electrons. The quantitative estimate of drug-likeness (QED) is 0.835. The van der Waals surface area contributed by atoms with Gasteiger partial charge in [-0.1, -0.05) is 11.6 Å². The van der Waals surface area contributed by atoms with Gasteiger partial charge in [-0.15, -0.1) is 0 Å². The number of hydrogen-bond donors (Lipinski definition) is 2. The van der Waals surface area contributed by atoms with Crippen LogP contribution in [0.3, 0.4) is 0 Å². The minimum atomic E-state index is -3.59. The lowest BCUT2D eigenvalue weighted by Gasteiger charge is -2.33. The van der Waals surface area contributed by atoms with Crippen molar-refractivity contribution in [3.05, 3.63) is 29.5 Å². The predicted octanol–water partition coefficient (Wildman–Crippen LogP) is 1.68. The summed E-state index contributed by atoms with van der Waals surface area (Å²) >= 11 is 6.02. The maximum atomic E-state index is 10.9. The third-order valence-electron chi connectivity index (χ3n) is 4.35. The van der Waals surface area contributed by atoms with Gasteiger partial charge in [0, 0.05) is 30.0 Å². The Labute approximate surface area is 146 Å². The SMILES string of the molecule is NS(=O)(=O)NCCC1CCN(c2ncnc3cc(Cl)ccc23)CC1. The number of hydrogen-bond acceptors (Lipinski definition) is 5. The van der Waals surface area contributed by atoms with Gasteiger partial charge >= 0.3 is 0 Å². The minimum Gasteiger partial charge on any atom is -0.356 e. The zero-order valence-electron chi connectivity index (χ0n) is 13.2. The second-order valence-corrected chi connectivity index (χ2v) is 7.83. The highest BCUT2D eigenvalue weighted by atomic mass is 35.5. The van der Waals surface area contributed by atoms with Crippen molar-refractivity contribution in [1.82, 2.24) is 14.7 Å². The first kappa shape index (κ1) is 17.3. The number of nitrogens with two attached hydrogens (primary N) is 1. The van der Waals surface area contributed by atoms with Crippen molar-refractivity contribution < 1.29 is 8.42 Å². The number of nitrogens with one attached hydrogen (secondary N) is 1. The summed E-state index contributed by atoms with van der Waals surface area (Å²) in [6, 6.07) is 5.64. The number of fused-ring (bicyclic) bond motifs is 1. The molecule has 0 atom stereocenters. The van der Waals surface area contributed by atoms with Gasteiger partial charge in [-0.2, -0.15) is 8.42 Å². The number of benzene rings is 1. The van der Waals surface area contributed by atoms with E-state index < -0.39 is 10.2 Å². The van der Waals surface area contributed by atoms with Crippen molar-refractivity contribution >= 4 is 38.5 Å². The summed E-state index contributed by atoms with van der Waals surface area (Å²) in [6.07, 6.45) is 4.34. The second-order valence-electron chi connectivity index (χ2n) is 6.02. The molecule has 130 valence electrons. The molecule has 1 aromatic carbocycles. The Morgan fingerprint density at radius 2 is 2.04 bits per heavy atom. The Morgan fingerprint density at radius 1 is 1.29 bits per heavy atom. The molecular formula is C15H20ClN5O2S. The van der Waals surface area contributed by atoms with Crippen LogP contribution < -0.4 is 14.8 Å². The Kier molecular flexibility index (Phi) is 5.19. The highest BCUT2D eigenvalue weighted by Crippen LogP contribution is 2.29. The molecule has 1 saturated heterocycles. The molecular weight excluding hydrogens is 350 g/mol. The molecule has 0 amide bonds. The molecule has 2 heterocycles. The molecule has 9 heteroatoms. The van der Waals surface area contributed by atoms with Crippen LogP contribution >= 0.6 is 11.6 Å². The van der Waals surface area contributed by atoms with Gasteiger partial charge in [0.05, 0.1) is 5.52 Å². The van der Waals surface area contributed by atoms with Crippen molar-refractivity contribution in [2.24, 2.45) is 11.1 Å². The van der Waals surface area contributed by atoms with E-state index in [2.05, 4.69) is 19.6 Å². The van der Waals surface area contributed by atoms with E-state index in [4.69, 9.17) is 16.7 Å². The average molecular weight is 370 g/mol. The molecule has 3 N–H and O–H groups in total. The van der Waals surface area contributed by atoms with Crippen LogP contribution in [0.15, 0.2) is 24.5 Å². The van der Waals surface area contributed by atoms with Gasteiger partial charge < -0.3 is 4.90 Å². The fourth-order valence-electron chi connectivity index (χ4n) is 3.11. The molecule has 0 spiro atoms. The smallest absolute Gasteiger partial charge is 0.274 e. The van der Waals surface area contributed by atoms with E-state index in [-0.39, 0.29) is 0 Å². The molecule has 0 saturated carbocycles. The van der Waals surface area contributed by atoms with E-state index in [1.807, 2.05) is 18.2 Å². The van der Waals surface area contributed by atoms with E-state index in [0.29, 0.717) is 17.5 Å². The lowest BCUT2D eigenvalue weighted by molar-refractivity contribution is 0.381. The second kappa shape index (κ2) is 7.18. The Hall–Kier alpha value is -1.48. The van der Waals surface area contributed by atoms with Crippen LogP contribution in [0.1, 0.15) is 19.3 Å². The molecule has 2 aromatic rings. The fourth-order valence-corrected chi connectivity index (χ4v) is 3.68. The highest BCUT2D eigenvalue weighted by Gasteiger charge is 2.21. The first-order valence-electron chi connectivity index (χ1n) is 7.85. The maximum Gasteiger partial charge on any atom is 0.274 e. The van der Waals surface area contributed by atoms with Crippen LogP contribution in [0, 0.1) is 5.92 Å². The average Bonchev–Trinajstić information content (AvgIpc) is 2.53. The summed E-state index contributed by atoms with van der Waals surface area (Å²) in [5.41, 5.74) is 0.840. The summed E-state index contributed by atoms with van der Waals surface area (Å²) < 4.78 is 24.1. The fraction of sp³-hybridized carbons (Fsp3) is 0.467. The molecule has 7 nitrogen and oxygen atoms in total. The van der Waals surface area contributed by atoms with E-state index in [1.54, 1.807) is 6.33 Å². The lowest BCUT2D eigenvalue weighted by Crippen LogP contribution is -2.37. The maximum absolute atomic E-state index is 10.9. The van der Waals surface area contributed by atoms with Crippen LogP contribution in [-0.4, -0.2) is 38.0 Å². The van der Waals surface area contributed by atoms with Crippen LogP contribution in [-0.2, 0) is 10.2 Å². The van der Waals surface area contributed by atoms with Gasteiger partial charge in [-0.25, -0.2) is 19.8 Å². The van der Waals surface area contributed by atoms with E-state index >= 15 is 0 Å². The number of halogens is 1. The van der Waals surface area contributed by atoms with Crippen molar-refractivity contribution in [3.8, 4) is 0 Å². The standard InChI is InChI=1S/C15H20ClN5O2S/c16-12-1-2-13-14(9-12)18-10-19-15(13)21-7-4-11(5-8-21)3-6-20-24(17,22)23/h1-2,9-11,20H,3-8H2,(H2,17,22,23). The third kappa shape index (κ3) is 4.32. The number of aromatic nitrogens is 2. The number of anilines is 1. The van der Waals surface area contributed by atoms with Gasteiger partial charge in [0.2, 0.25) is 0 Å². The molecule has 1 aromatic heterocycles. The largest absolute Gasteiger partial charge is 0.356 e. The molecule has 0 aliphatic carbocycles. The molecule has 1 aliphatic rings. The summed E-state index contributed by atoms with van der Waals surface area (Å²) in [4.78, 5) is 11.0. The first-order chi connectivity index (χ1) is 11.4. The van der Waals surface area contributed by atoms with Gasteiger partial charge in [0.25, 0.3) is 10.2 Å². The molecule has 0 unspecified atom stereocenters. The first-order valence-corrected chi connectivity index (χ1v) is 9.77. The summed E-state index contributed by atoms with van der Waals surface area (Å²) in [7, 11) is -3.59. The summed E-state index contributed by atoms with van der Waals surface area (Å²) in [6.45, 7) is 2.15. The zero-order chi connectivity index (χ0) is 17.2. The monoisotopic (exact) mass is 369 g/mol. The van der Waals surface area contributed by atoms with E-state index in [0.717, 1.165) is 49.1 Å². The summed E-state index contributed by atoms with van der Waals surface area (Å²) in [5, 5.41) is 6.60. The minimum absolute atomic E-state index is 0.387. The summed E-state index contributed by atoms with van der Waals surface area (Å²) in [5.74, 6) is 1.41. The number of rotatable bonds is 5. The Morgan fingerprint density at radius 3 is 2.75 bits per heavy atom. The molecule has 1 fully saturated rings. The molecule has 0 bridgehead atoms. The van der Waals surface area contributed by atoms with Gasteiger partial charge in [-0.3, -0.25) is 0 Å². The van der Waals surface area contributed by atoms with Crippen molar-refractivity contribution in [2.75, 3.05) is 24.5 Å². The normalized spacial score (nSPS) is 16.7. The molecule has 24 heavy (non-hydrogen) atoms. The van der Waals surface area contributed by atoms with Crippen molar-refractivity contribution in [2.45, 2.75) is 19.3 Å². The third-order valence-corrected chi connectivity index (χ3v) is 5.19. The molecule has 1 aliphatic heterocycles. The van der Waals surface area contributed by atoms with Crippen LogP contribution in [0.5, 0.6) is 0 Å². The lowest BCUT2D eigenvalue weighted by atomic mass is 9.93. The predicted molar refractivity (Wildman–Crippen MR) is 95.2 cm³/mol. The number of nitrogens with zero attached hydrogens (tertiary/aromatic N) is 3. The number of piperidine rings is 1. The Balaban J connectivity index is 1.63. The van der Waals surface area contributed by atoms with Crippen LogP contribution in [0.4, 0.5) is 5.82 Å². The van der Waals surface area contributed by atoms with E-state index in [9.17, 15) is 8.42 Å². The topological polar surface area (TPSA) is 101 Å². The highest BCUT2D eigenvalue weighted by molar-refractivity contribution is 7.87. The van der Waals surface area contributed by atoms with Crippen molar-refractivity contribution in [3.63, 3.8) is 0 Å². The van der Waals surface area contributed by atoms with Gasteiger partial charge in [-0.05, 0) is 43.4 Å². The van der Waals surface area contributed by atoms with Crippen LogP contribution in [0.2, 0.25) is 5.02 Å². The van der Waals surface area contributed by atoms with Crippen LogP contribution in [0.25, 0.3) is 10.9 Å².